The number of rotatable bonds is 7. The third kappa shape index (κ3) is 5.96. The predicted molar refractivity (Wildman–Crippen MR) is 143 cm³/mol. The number of hydrogen-bond donors (Lipinski definition) is 0. The predicted octanol–water partition coefficient (Wildman–Crippen LogP) is 4.48. The Morgan fingerprint density at radius 3 is 2.28 bits per heavy atom. The summed E-state index contributed by atoms with van der Waals surface area (Å²) in [7, 11) is 0. The minimum absolute atomic E-state index is 0.0130. The van der Waals surface area contributed by atoms with E-state index in [2.05, 4.69) is 43.8 Å². The summed E-state index contributed by atoms with van der Waals surface area (Å²) in [5, 5.41) is 0. The highest BCUT2D eigenvalue weighted by Gasteiger charge is 2.43. The van der Waals surface area contributed by atoms with E-state index in [9.17, 15) is 13.6 Å². The standard InChI is InChI=1S/C29H36F2N4O4/c30-28(31)39-26-9-6-23(18-32-26)35-20-29(37-19-27(35)36)12-16-34(17-13-29)22-4-7-24(8-5-22)38-25-10-14-33(15-11-25)21-2-1-3-21/h4-9,18,21,25,28H,1-3,10-17,19-20H2. The highest BCUT2D eigenvalue weighted by molar-refractivity contribution is 5.95. The van der Waals surface area contributed by atoms with Crippen molar-refractivity contribution >= 4 is 17.3 Å². The van der Waals surface area contributed by atoms with E-state index in [1.807, 2.05) is 0 Å². The molecule has 1 amide bonds. The summed E-state index contributed by atoms with van der Waals surface area (Å²) >= 11 is 0. The molecule has 1 aliphatic carbocycles. The Labute approximate surface area is 227 Å². The molecule has 4 aliphatic rings. The second-order valence-electron chi connectivity index (χ2n) is 11.1. The number of carbonyl (C=O) groups excluding carboxylic acids is 1. The third-order valence-corrected chi connectivity index (χ3v) is 8.74. The van der Waals surface area contributed by atoms with Gasteiger partial charge in [0.2, 0.25) is 5.88 Å². The van der Waals surface area contributed by atoms with E-state index in [1.165, 1.54) is 31.5 Å². The zero-order valence-electron chi connectivity index (χ0n) is 22.1. The molecule has 0 atom stereocenters. The van der Waals surface area contributed by atoms with Gasteiger partial charge in [-0.3, -0.25) is 4.79 Å². The summed E-state index contributed by atoms with van der Waals surface area (Å²) in [6.07, 6.45) is 9.52. The number of aromatic nitrogens is 1. The second kappa shape index (κ2) is 11.3. The van der Waals surface area contributed by atoms with Crippen LogP contribution in [0, 0.1) is 0 Å². The average molecular weight is 543 g/mol. The number of morpholine rings is 1. The van der Waals surface area contributed by atoms with Crippen molar-refractivity contribution in [3.63, 3.8) is 0 Å². The molecule has 1 saturated carbocycles. The number of nitrogens with zero attached hydrogens (tertiary/aromatic N) is 4. The Bertz CT molecular complexity index is 1110. The number of amides is 1. The lowest BCUT2D eigenvalue weighted by atomic mass is 9.88. The van der Waals surface area contributed by atoms with Gasteiger partial charge in [0.1, 0.15) is 18.5 Å². The van der Waals surface area contributed by atoms with Crippen molar-refractivity contribution in [2.24, 2.45) is 0 Å². The van der Waals surface area contributed by atoms with Crippen LogP contribution < -0.4 is 19.3 Å². The molecule has 1 aromatic heterocycles. The van der Waals surface area contributed by atoms with Gasteiger partial charge in [-0.15, -0.1) is 0 Å². The zero-order chi connectivity index (χ0) is 26.8. The monoisotopic (exact) mass is 542 g/mol. The number of pyridine rings is 1. The van der Waals surface area contributed by atoms with Crippen molar-refractivity contribution in [3.8, 4) is 11.6 Å². The molecule has 1 spiro atoms. The van der Waals surface area contributed by atoms with Crippen molar-refractivity contribution in [1.29, 1.82) is 0 Å². The Balaban J connectivity index is 1.01. The van der Waals surface area contributed by atoms with E-state index in [4.69, 9.17) is 9.47 Å². The molecular formula is C29H36F2N4O4. The lowest BCUT2D eigenvalue weighted by molar-refractivity contribution is -0.141. The van der Waals surface area contributed by atoms with Gasteiger partial charge in [-0.1, -0.05) is 6.42 Å². The van der Waals surface area contributed by atoms with Crippen LogP contribution in [0.2, 0.25) is 0 Å². The van der Waals surface area contributed by atoms with E-state index in [1.54, 1.807) is 11.0 Å². The van der Waals surface area contributed by atoms with Crippen LogP contribution in [0.15, 0.2) is 42.6 Å². The Morgan fingerprint density at radius 1 is 0.949 bits per heavy atom. The van der Waals surface area contributed by atoms with Crippen molar-refractivity contribution in [1.82, 2.24) is 9.88 Å². The fourth-order valence-corrected chi connectivity index (χ4v) is 6.16. The number of anilines is 2. The van der Waals surface area contributed by atoms with Gasteiger partial charge in [0.15, 0.2) is 0 Å². The van der Waals surface area contributed by atoms with Crippen LogP contribution in [-0.4, -0.2) is 79.5 Å². The Hall–Kier alpha value is -2.98. The molecule has 4 fully saturated rings. The summed E-state index contributed by atoms with van der Waals surface area (Å²) in [5.74, 6) is 0.581. The van der Waals surface area contributed by atoms with E-state index in [0.29, 0.717) is 18.3 Å². The highest BCUT2D eigenvalue weighted by Crippen LogP contribution is 2.35. The van der Waals surface area contributed by atoms with Crippen LogP contribution in [0.5, 0.6) is 11.6 Å². The highest BCUT2D eigenvalue weighted by atomic mass is 19.3. The quantitative estimate of drug-likeness (QED) is 0.511. The number of benzene rings is 1. The van der Waals surface area contributed by atoms with E-state index in [-0.39, 0.29) is 18.4 Å². The summed E-state index contributed by atoms with van der Waals surface area (Å²) in [5.41, 5.74) is 1.26. The van der Waals surface area contributed by atoms with Crippen LogP contribution in [0.3, 0.4) is 0 Å². The SMILES string of the molecule is O=C1COC2(CCN(c3ccc(OC4CCN(C5CCC5)CC4)cc3)CC2)CN1c1ccc(OC(F)F)nc1. The van der Waals surface area contributed by atoms with Gasteiger partial charge in [0.05, 0.1) is 24.0 Å². The number of alkyl halides is 2. The number of ether oxygens (including phenoxy) is 3. The van der Waals surface area contributed by atoms with Gasteiger partial charge in [-0.2, -0.15) is 8.78 Å². The molecule has 210 valence electrons. The fraction of sp³-hybridized carbons (Fsp3) is 0.586. The molecule has 2 aromatic rings. The third-order valence-electron chi connectivity index (χ3n) is 8.74. The maximum absolute atomic E-state index is 12.6. The van der Waals surface area contributed by atoms with Crippen LogP contribution in [-0.2, 0) is 9.53 Å². The lowest BCUT2D eigenvalue weighted by Gasteiger charge is -2.47. The lowest BCUT2D eigenvalue weighted by Crippen LogP contribution is -2.59. The maximum Gasteiger partial charge on any atom is 0.388 e. The van der Waals surface area contributed by atoms with Gasteiger partial charge >= 0.3 is 6.61 Å². The number of halogens is 2. The number of likely N-dealkylation sites (tertiary alicyclic amines) is 1. The van der Waals surface area contributed by atoms with Gasteiger partial charge in [0, 0.05) is 44.0 Å². The first kappa shape index (κ1) is 26.3. The Kier molecular flexibility index (Phi) is 7.57. The molecule has 6 rings (SSSR count). The smallest absolute Gasteiger partial charge is 0.388 e. The van der Waals surface area contributed by atoms with Crippen LogP contribution in [0.1, 0.15) is 44.9 Å². The summed E-state index contributed by atoms with van der Waals surface area (Å²) in [6, 6.07) is 12.2. The van der Waals surface area contributed by atoms with E-state index >= 15 is 0 Å². The summed E-state index contributed by atoms with van der Waals surface area (Å²) < 4.78 is 41.6. The van der Waals surface area contributed by atoms with E-state index < -0.39 is 12.2 Å². The average Bonchev–Trinajstić information content (AvgIpc) is 2.92. The fourth-order valence-electron chi connectivity index (χ4n) is 6.16. The van der Waals surface area contributed by atoms with Crippen LogP contribution in [0.4, 0.5) is 20.2 Å². The number of piperidine rings is 2. The molecule has 0 unspecified atom stereocenters. The molecule has 8 nitrogen and oxygen atoms in total. The zero-order valence-corrected chi connectivity index (χ0v) is 22.1. The molecular weight excluding hydrogens is 506 g/mol. The molecule has 0 N–H and O–H groups in total. The van der Waals surface area contributed by atoms with Gasteiger partial charge < -0.3 is 28.9 Å². The van der Waals surface area contributed by atoms with Crippen LogP contribution >= 0.6 is 0 Å². The molecule has 10 heteroatoms. The summed E-state index contributed by atoms with van der Waals surface area (Å²) in [4.78, 5) is 23.1. The molecule has 3 aliphatic heterocycles. The van der Waals surface area contributed by atoms with Gasteiger partial charge in [0.25, 0.3) is 5.91 Å². The summed E-state index contributed by atoms with van der Waals surface area (Å²) in [6.45, 7) is 1.35. The molecule has 0 bridgehead atoms. The first-order valence-electron chi connectivity index (χ1n) is 14.1. The first-order valence-corrected chi connectivity index (χ1v) is 14.1. The topological polar surface area (TPSA) is 67.4 Å². The van der Waals surface area contributed by atoms with Crippen LogP contribution in [0.25, 0.3) is 0 Å². The van der Waals surface area contributed by atoms with Crippen molar-refractivity contribution in [3.05, 3.63) is 42.6 Å². The van der Waals surface area contributed by atoms with E-state index in [0.717, 1.165) is 69.3 Å². The minimum atomic E-state index is -2.94. The maximum atomic E-state index is 12.6. The van der Waals surface area contributed by atoms with Crippen molar-refractivity contribution in [2.45, 2.75) is 69.3 Å². The second-order valence-corrected chi connectivity index (χ2v) is 11.1. The number of hydrogen-bond acceptors (Lipinski definition) is 7. The van der Waals surface area contributed by atoms with Gasteiger partial charge in [-0.25, -0.2) is 4.98 Å². The molecule has 1 aromatic carbocycles. The largest absolute Gasteiger partial charge is 0.490 e. The molecule has 3 saturated heterocycles. The molecule has 39 heavy (non-hydrogen) atoms. The molecule has 0 radical (unpaired) electrons. The normalized spacial score (nSPS) is 22.8. The first-order chi connectivity index (χ1) is 19.0. The van der Waals surface area contributed by atoms with Crippen molar-refractivity contribution in [2.75, 3.05) is 49.1 Å². The number of carbonyl (C=O) groups is 1. The minimum Gasteiger partial charge on any atom is -0.490 e. The van der Waals surface area contributed by atoms with Crippen molar-refractivity contribution < 1.29 is 27.8 Å². The molecule has 4 heterocycles. The Morgan fingerprint density at radius 2 is 1.67 bits per heavy atom. The van der Waals surface area contributed by atoms with Gasteiger partial charge in [-0.05, 0) is 68.9 Å².